The number of nitrogens with one attached hydrogen (secondary N) is 1. The van der Waals surface area contributed by atoms with Gasteiger partial charge < -0.3 is 82.9 Å². The Morgan fingerprint density at radius 2 is 0.896 bits per heavy atom. The molecule has 31 nitrogen and oxygen atoms in total. The minimum Gasteiger partial charge on any atom is -0.456 e. The number of amides is 2. The van der Waals surface area contributed by atoms with Crippen LogP contribution in [0.15, 0.2) is 154 Å². The Bertz CT molecular complexity index is 4430. The van der Waals surface area contributed by atoms with Gasteiger partial charge in [-0.1, -0.05) is 194 Å². The first kappa shape index (κ1) is 112. The highest BCUT2D eigenvalue weighted by atomic mass is 16.7. The molecule has 4 fully saturated rings. The topological polar surface area (TPSA) is 385 Å². The third kappa shape index (κ3) is 29.4. The average Bonchev–Trinajstić information content (AvgIpc) is 1.61. The van der Waals surface area contributed by atoms with Gasteiger partial charge in [0.2, 0.25) is 11.6 Å². The number of aliphatic hydroxyl groups is 2. The van der Waals surface area contributed by atoms with Crippen molar-refractivity contribution in [2.24, 2.45) is 51.5 Å². The maximum absolute atomic E-state index is 13.4. The van der Waals surface area contributed by atoms with Gasteiger partial charge in [-0.05, 0) is 179 Å². The van der Waals surface area contributed by atoms with Gasteiger partial charge in [-0.3, -0.25) is 19.6 Å². The summed E-state index contributed by atoms with van der Waals surface area (Å²) in [6, 6.07) is 41.0. The predicted octanol–water partition coefficient (Wildman–Crippen LogP) is 18.8. The molecule has 6 heterocycles. The summed E-state index contributed by atoms with van der Waals surface area (Å²) in [5.74, 6) is -3.46. The zero-order chi connectivity index (χ0) is 98.1. The fourth-order valence-electron chi connectivity index (χ4n) is 20.4. The van der Waals surface area contributed by atoms with Crippen molar-refractivity contribution in [3.63, 3.8) is 0 Å². The molecule has 134 heavy (non-hydrogen) atoms. The van der Waals surface area contributed by atoms with Crippen LogP contribution in [0.5, 0.6) is 0 Å². The molecule has 0 aromatic heterocycles. The number of ether oxygens (including phenoxy) is 12. The molecule has 4 aromatic carbocycles. The molecule has 24 atom stereocenters. The van der Waals surface area contributed by atoms with Crippen molar-refractivity contribution in [1.82, 2.24) is 24.9 Å². The number of carbonyl (C=O) groups is 5. The van der Waals surface area contributed by atoms with Crippen molar-refractivity contribution in [2.75, 3.05) is 46.9 Å². The molecule has 0 radical (unpaired) electrons. The molecular weight excluding hydrogens is 1710 g/mol. The van der Waals surface area contributed by atoms with E-state index in [0.29, 0.717) is 107 Å². The van der Waals surface area contributed by atoms with Gasteiger partial charge >= 0.3 is 24.1 Å². The number of nitrogens with two attached hydrogens (primary N) is 1. The fraction of sp³-hybridized carbons (Fsp3) is 0.680. The zero-order valence-electron chi connectivity index (χ0n) is 83.5. The summed E-state index contributed by atoms with van der Waals surface area (Å²) in [6.45, 7) is 47.3. The van der Waals surface area contributed by atoms with Gasteiger partial charge in [0, 0.05) is 158 Å². The Hall–Kier alpha value is -8.75. The minimum absolute atomic E-state index is 0. The van der Waals surface area contributed by atoms with Crippen LogP contribution in [0, 0.1) is 35.5 Å². The van der Waals surface area contributed by atoms with Gasteiger partial charge in [0.15, 0.2) is 23.8 Å². The summed E-state index contributed by atoms with van der Waals surface area (Å²) in [4.78, 5) is 77.4. The molecule has 5 N–H and O–H groups in total. The number of aldehydes is 1. The first-order valence-corrected chi connectivity index (χ1v) is 47.8. The highest BCUT2D eigenvalue weighted by molar-refractivity contribution is 5.90. The molecule has 6 unspecified atom stereocenters. The summed E-state index contributed by atoms with van der Waals surface area (Å²) >= 11 is 0. The van der Waals surface area contributed by atoms with Gasteiger partial charge in [0.05, 0.1) is 71.1 Å². The van der Waals surface area contributed by atoms with Gasteiger partial charge in [0.1, 0.15) is 17.8 Å². The van der Waals surface area contributed by atoms with Crippen LogP contribution in [0.4, 0.5) is 9.59 Å². The minimum atomic E-state index is -1.19. The lowest BCUT2D eigenvalue weighted by molar-refractivity contribution is -0.287. The van der Waals surface area contributed by atoms with E-state index in [2.05, 4.69) is 174 Å². The number of carbonyl (C=O) groups excluding carboxylic acids is 5. The highest BCUT2D eigenvalue weighted by Gasteiger charge is 2.59. The normalized spacial score (nSPS) is 27.0. The Labute approximate surface area is 797 Å². The van der Waals surface area contributed by atoms with Crippen molar-refractivity contribution in [3.8, 4) is 0 Å². The fourth-order valence-corrected chi connectivity index (χ4v) is 20.4. The van der Waals surface area contributed by atoms with E-state index >= 15 is 0 Å². The molecule has 0 saturated carbocycles. The standard InChI is InChI=1S/C51H78N6O9.C38H53NO7.C13H25N5O3.CH4/c1-13-42(58)51(11)44(57(48(60)66-51)27-21-20-26-54-55-52)38(7)53-30-33(2)29-50(10,61-12)45(36(5)43-37(6)46(59)65-49(8,9)64-43)63-47-35(4)41(28-34(3)62-47)56(31-39-22-16-14-17-23-39)32-40-24-18-15-19-25-40;1-25(24-40)21-38(8,42-9)34(28(4)33-29(5)35(41)46-37(6,7)45-33)44-36-27(3)32(20-26(2)43-36)39(22-30-16-12-10-13-17-30)23-31-18-14-11-15-19-31;1-4-10(19)13(3)11(9(2)14)18(12(20)21-13)8-6-5-7-16-17-15;/h14-19,22-25,33-36,38,41-42,44-45,47,53,58H,13,20-21,26-32H2,1-12H3;10-19,24-28,32,34,36H,20-23H2,1-9H3;9-11,19H,4-8,14H2,1-3H3;1H4/t33-,34?,35?,36+,38-,41?,42-,44-,45-,47+,50-,51-;25-,26?,27?,28+,32?,34-,36+,38-;9-,10-,11-,13-;/m111./s1. The van der Waals surface area contributed by atoms with E-state index in [1.165, 1.54) is 22.3 Å². The molecule has 746 valence electrons. The van der Waals surface area contributed by atoms with E-state index in [1.54, 1.807) is 86.3 Å². The molecular formula is C103H160N12O19. The summed E-state index contributed by atoms with van der Waals surface area (Å²) in [5.41, 5.74) is 24.7. The summed E-state index contributed by atoms with van der Waals surface area (Å²) < 4.78 is 75.8. The lowest BCUT2D eigenvalue weighted by Crippen LogP contribution is -2.60. The molecule has 0 aliphatic carbocycles. The zero-order valence-corrected chi connectivity index (χ0v) is 83.5. The number of cyclic esters (lactones) is 4. The number of aliphatic hydroxyl groups excluding tert-OH is 2. The molecule has 0 spiro atoms. The predicted molar refractivity (Wildman–Crippen MR) is 516 cm³/mol. The SMILES string of the molecule is C.CC[C@@H](O)[C@@]1(C)OC(=O)N(CCCCN=[N+]=[N-])[C@@H]1[C@@H](C)N.CC[C@@H](O)[C@@]1(C)OC(=O)N(CCCCN=[N+]=[N-])[C@@H]1[C@@H](C)NC[C@H](C)C[C@@](C)(OC)[C@H](O[C@@H]1OC(C)CC(N(Cc2ccccc2)Cc2ccccc2)C1C)[C@@H](C)C1=C(C)C(=O)OC(C)(C)O1.CO[C@](C)(C[C@@H](C)C=O)[C@H](O[C@@H]1OC(C)CC(N(Cc2ccccc2)Cc2ccccc2)C1C)[C@@H](C)C1=C(C)C(=O)OC(C)(C)O1. The first-order chi connectivity index (χ1) is 62.9. The molecule has 2 amide bonds. The van der Waals surface area contributed by atoms with E-state index < -0.39 is 113 Å². The summed E-state index contributed by atoms with van der Waals surface area (Å²) in [6.07, 6.45) is 1.81. The number of benzene rings is 4. The average molecular weight is 1870 g/mol. The van der Waals surface area contributed by atoms with Gasteiger partial charge in [0.25, 0.3) is 0 Å². The van der Waals surface area contributed by atoms with Crippen LogP contribution in [-0.2, 0) is 97.4 Å². The largest absolute Gasteiger partial charge is 0.456 e. The Morgan fingerprint density at radius 1 is 0.552 bits per heavy atom. The van der Waals surface area contributed by atoms with E-state index in [-0.39, 0.29) is 73.5 Å². The second kappa shape index (κ2) is 51.1. The maximum Gasteiger partial charge on any atom is 0.410 e. The second-order valence-electron chi connectivity index (χ2n) is 39.4. The third-order valence-corrected chi connectivity index (χ3v) is 27.4. The van der Waals surface area contributed by atoms with E-state index in [9.17, 15) is 34.2 Å². The van der Waals surface area contributed by atoms with E-state index in [1.807, 2.05) is 72.7 Å². The molecule has 31 heteroatoms. The molecule has 0 bridgehead atoms. The van der Waals surface area contributed by atoms with Crippen LogP contribution >= 0.6 is 0 Å². The van der Waals surface area contributed by atoms with Crippen LogP contribution in [-0.4, -0.2) is 227 Å². The van der Waals surface area contributed by atoms with Crippen molar-refractivity contribution in [2.45, 2.75) is 370 Å². The van der Waals surface area contributed by atoms with Crippen molar-refractivity contribution in [1.29, 1.82) is 0 Å². The molecule has 6 aliphatic rings. The quantitative estimate of drug-likeness (QED) is 0.00607. The Balaban J connectivity index is 0.000000310. The number of methoxy groups -OCH3 is 2. The number of nitrogens with zero attached hydrogens (tertiary/aromatic N) is 10. The van der Waals surface area contributed by atoms with Crippen LogP contribution in [0.1, 0.15) is 246 Å². The number of hydrogen-bond donors (Lipinski definition) is 4. The van der Waals surface area contributed by atoms with Crippen molar-refractivity contribution < 1.29 is 91.0 Å². The third-order valence-electron chi connectivity index (χ3n) is 27.4. The molecule has 4 aromatic rings. The molecule has 4 saturated heterocycles. The number of hydrogen-bond acceptors (Lipinski definition) is 25. The van der Waals surface area contributed by atoms with Crippen LogP contribution in [0.3, 0.4) is 0 Å². The highest BCUT2D eigenvalue weighted by Crippen LogP contribution is 2.47. The van der Waals surface area contributed by atoms with Crippen molar-refractivity contribution in [3.05, 3.63) is 187 Å². The lowest BCUT2D eigenvalue weighted by Gasteiger charge is -2.49. The number of unbranched alkanes of at least 4 members (excludes halogenated alkanes) is 2. The smallest absolute Gasteiger partial charge is 0.410 e. The summed E-state index contributed by atoms with van der Waals surface area (Å²) in [5, 5.41) is 32.2. The second-order valence-corrected chi connectivity index (χ2v) is 39.4. The van der Waals surface area contributed by atoms with Crippen molar-refractivity contribution >= 4 is 30.4 Å². The van der Waals surface area contributed by atoms with Gasteiger partial charge in [-0.25, -0.2) is 19.2 Å². The van der Waals surface area contributed by atoms with Gasteiger partial charge in [-0.2, -0.15) is 0 Å². The molecule has 6 aliphatic heterocycles. The van der Waals surface area contributed by atoms with E-state index in [0.717, 1.165) is 45.3 Å². The number of rotatable bonds is 46. The lowest BCUT2D eigenvalue weighted by atomic mass is 9.80. The van der Waals surface area contributed by atoms with E-state index in [4.69, 9.17) is 73.6 Å². The number of azide groups is 2. The molecule has 10 rings (SSSR count). The monoisotopic (exact) mass is 1870 g/mol. The van der Waals surface area contributed by atoms with Crippen LogP contribution in [0.2, 0.25) is 0 Å². The maximum atomic E-state index is 13.4. The first-order valence-electron chi connectivity index (χ1n) is 47.8. The van der Waals surface area contributed by atoms with Crippen LogP contribution < -0.4 is 11.1 Å². The van der Waals surface area contributed by atoms with Crippen LogP contribution in [0.25, 0.3) is 20.9 Å². The number of esters is 2. The Morgan fingerprint density at radius 3 is 1.22 bits per heavy atom. The Kier molecular flexibility index (Phi) is 42.8. The summed E-state index contributed by atoms with van der Waals surface area (Å²) in [7, 11) is 3.34. The van der Waals surface area contributed by atoms with Gasteiger partial charge in [-0.15, -0.1) is 0 Å².